The average Bonchev–Trinajstić information content (AvgIpc) is 3.39. The normalized spacial score (nSPS) is 11.3. The zero-order valence-corrected chi connectivity index (χ0v) is 18.0. The highest BCUT2D eigenvalue weighted by Gasteiger charge is 2.12. The Hall–Kier alpha value is -4.05. The molecular weight excluding hydrogens is 426 g/mol. The number of hydrogen-bond donors (Lipinski definition) is 2. The van der Waals surface area contributed by atoms with Gasteiger partial charge in [0.25, 0.3) is 11.5 Å². The molecule has 160 valence electrons. The van der Waals surface area contributed by atoms with Gasteiger partial charge >= 0.3 is 0 Å². The molecule has 0 fully saturated rings. The van der Waals surface area contributed by atoms with Crippen LogP contribution in [0.5, 0.6) is 0 Å². The summed E-state index contributed by atoms with van der Waals surface area (Å²) < 4.78 is 5.47. The lowest BCUT2D eigenvalue weighted by atomic mass is 10.1. The van der Waals surface area contributed by atoms with E-state index in [9.17, 15) is 9.59 Å². The van der Waals surface area contributed by atoms with Crippen LogP contribution >= 0.6 is 12.2 Å². The van der Waals surface area contributed by atoms with Crippen LogP contribution in [0.4, 0.5) is 5.69 Å². The van der Waals surface area contributed by atoms with Crippen molar-refractivity contribution in [2.24, 2.45) is 0 Å². The predicted molar refractivity (Wildman–Crippen MR) is 124 cm³/mol. The number of aromatic nitrogens is 6. The van der Waals surface area contributed by atoms with Crippen LogP contribution in [0, 0.1) is 4.77 Å². The van der Waals surface area contributed by atoms with Gasteiger partial charge in [0.2, 0.25) is 0 Å². The summed E-state index contributed by atoms with van der Waals surface area (Å²) in [5.74, 6) is -0.307. The highest BCUT2D eigenvalue weighted by molar-refractivity contribution is 7.71. The molecule has 0 spiro atoms. The van der Waals surface area contributed by atoms with E-state index in [0.29, 0.717) is 40.0 Å². The number of rotatable bonds is 5. The first-order chi connectivity index (χ1) is 15.5. The topological polar surface area (TPSA) is 102 Å². The van der Waals surface area contributed by atoms with Gasteiger partial charge in [-0.2, -0.15) is 5.10 Å². The van der Waals surface area contributed by atoms with Gasteiger partial charge in [0.1, 0.15) is 5.65 Å². The van der Waals surface area contributed by atoms with E-state index in [1.165, 1.54) is 4.57 Å². The average molecular weight is 446 g/mol. The van der Waals surface area contributed by atoms with Crippen LogP contribution in [0.15, 0.2) is 66.0 Å². The number of fused-ring (bicyclic) bond motifs is 2. The molecule has 9 nitrogen and oxygen atoms in total. The third kappa shape index (κ3) is 3.60. The molecule has 4 heterocycles. The maximum absolute atomic E-state index is 12.7. The molecule has 0 aliphatic heterocycles. The van der Waals surface area contributed by atoms with Gasteiger partial charge in [0.15, 0.2) is 4.77 Å². The Kier molecular flexibility index (Phi) is 4.91. The van der Waals surface area contributed by atoms with E-state index in [0.717, 1.165) is 11.3 Å². The number of amides is 1. The number of carbonyl (C=O) groups is 1. The van der Waals surface area contributed by atoms with Crippen molar-refractivity contribution in [2.45, 2.75) is 20.0 Å². The number of imidazole rings is 1. The molecule has 0 atom stereocenters. The summed E-state index contributed by atoms with van der Waals surface area (Å²) in [6.07, 6.45) is 7.22. The van der Waals surface area contributed by atoms with Crippen molar-refractivity contribution in [3.8, 4) is 0 Å². The van der Waals surface area contributed by atoms with Crippen LogP contribution in [0.2, 0.25) is 0 Å². The van der Waals surface area contributed by atoms with E-state index in [1.54, 1.807) is 35.3 Å². The maximum atomic E-state index is 12.7. The Labute approximate surface area is 187 Å². The molecule has 32 heavy (non-hydrogen) atoms. The summed E-state index contributed by atoms with van der Waals surface area (Å²) in [5, 5.41) is 7.63. The Morgan fingerprint density at radius 1 is 1.22 bits per heavy atom. The molecule has 10 heteroatoms. The second kappa shape index (κ2) is 7.89. The molecular formula is C22H19N7O2S. The molecule has 0 unspecified atom stereocenters. The van der Waals surface area contributed by atoms with Gasteiger partial charge in [-0.15, -0.1) is 0 Å². The van der Waals surface area contributed by atoms with Gasteiger partial charge in [-0.3, -0.25) is 18.8 Å². The molecule has 4 aromatic heterocycles. The number of nitrogens with zero attached hydrogens (tertiary/aromatic N) is 5. The second-order valence-corrected chi connectivity index (χ2v) is 7.71. The van der Waals surface area contributed by atoms with E-state index in [2.05, 4.69) is 20.4 Å². The van der Waals surface area contributed by atoms with Gasteiger partial charge in [-0.1, -0.05) is 6.07 Å². The third-order valence-corrected chi connectivity index (χ3v) is 5.51. The lowest BCUT2D eigenvalue weighted by Gasteiger charge is -2.07. The Morgan fingerprint density at radius 2 is 2.09 bits per heavy atom. The zero-order chi connectivity index (χ0) is 22.2. The van der Waals surface area contributed by atoms with Crippen LogP contribution in [0.1, 0.15) is 23.0 Å². The number of benzene rings is 1. The Balaban J connectivity index is 1.35. The largest absolute Gasteiger partial charge is 0.332 e. The summed E-state index contributed by atoms with van der Waals surface area (Å²) in [4.78, 5) is 32.8. The fourth-order valence-electron chi connectivity index (χ4n) is 3.63. The highest BCUT2D eigenvalue weighted by atomic mass is 32.1. The summed E-state index contributed by atoms with van der Waals surface area (Å²) in [6.45, 7) is 2.81. The second-order valence-electron chi connectivity index (χ2n) is 7.32. The minimum Gasteiger partial charge on any atom is -0.332 e. The molecule has 5 aromatic rings. The van der Waals surface area contributed by atoms with Crippen molar-refractivity contribution in [3.63, 3.8) is 0 Å². The van der Waals surface area contributed by atoms with Crippen LogP contribution in [-0.2, 0) is 13.1 Å². The number of anilines is 1. The van der Waals surface area contributed by atoms with E-state index in [1.807, 2.05) is 41.9 Å². The van der Waals surface area contributed by atoms with Crippen LogP contribution in [0.3, 0.4) is 0 Å². The van der Waals surface area contributed by atoms with Crippen molar-refractivity contribution in [2.75, 3.05) is 5.32 Å². The first-order valence-corrected chi connectivity index (χ1v) is 10.5. The number of pyridine rings is 1. The lowest BCUT2D eigenvalue weighted by Crippen LogP contribution is -2.21. The smallest absolute Gasteiger partial charge is 0.262 e. The first kappa shape index (κ1) is 19.9. The van der Waals surface area contributed by atoms with E-state index >= 15 is 0 Å². The van der Waals surface area contributed by atoms with Crippen LogP contribution in [-0.4, -0.2) is 34.6 Å². The van der Waals surface area contributed by atoms with Crippen molar-refractivity contribution in [1.82, 2.24) is 28.7 Å². The van der Waals surface area contributed by atoms with Gasteiger partial charge < -0.3 is 14.7 Å². The molecule has 0 aliphatic carbocycles. The number of carbonyl (C=O) groups excluding carboxylic acids is 1. The van der Waals surface area contributed by atoms with Crippen LogP contribution < -0.4 is 10.9 Å². The molecule has 1 amide bonds. The number of H-pyrrole nitrogens is 1. The molecule has 1 aromatic carbocycles. The van der Waals surface area contributed by atoms with Crippen molar-refractivity contribution < 1.29 is 4.79 Å². The van der Waals surface area contributed by atoms with Gasteiger partial charge in [0.05, 0.1) is 35.0 Å². The summed E-state index contributed by atoms with van der Waals surface area (Å²) in [6, 6.07) is 10.7. The van der Waals surface area contributed by atoms with Crippen molar-refractivity contribution >= 4 is 40.4 Å². The van der Waals surface area contributed by atoms with Crippen molar-refractivity contribution in [3.05, 3.63) is 87.6 Å². The minimum absolute atomic E-state index is 0.175. The fourth-order valence-corrected chi connectivity index (χ4v) is 3.95. The lowest BCUT2D eigenvalue weighted by molar-refractivity contribution is 0.102. The molecule has 0 radical (unpaired) electrons. The van der Waals surface area contributed by atoms with E-state index < -0.39 is 0 Å². The van der Waals surface area contributed by atoms with Gasteiger partial charge in [-0.05, 0) is 49.5 Å². The summed E-state index contributed by atoms with van der Waals surface area (Å²) >= 11 is 5.25. The Bertz CT molecular complexity index is 1560. The quantitative estimate of drug-likeness (QED) is 0.405. The highest BCUT2D eigenvalue weighted by Crippen LogP contribution is 2.14. The van der Waals surface area contributed by atoms with Gasteiger partial charge in [0, 0.05) is 30.7 Å². The number of nitrogens with one attached hydrogen (secondary N) is 2. The standard InChI is InChI=1S/C22H19N7O2S/c1-2-29-21(31)17-7-6-14(9-18(17)26-22(29)32)20(30)25-15-10-23-28(12-15)13-16-11-27-8-4-3-5-19(27)24-16/h3-12H,2,13H2,1H3,(H,25,30)(H,26,32). The van der Waals surface area contributed by atoms with Crippen molar-refractivity contribution in [1.29, 1.82) is 0 Å². The van der Waals surface area contributed by atoms with Crippen LogP contribution in [0.25, 0.3) is 16.6 Å². The summed E-state index contributed by atoms with van der Waals surface area (Å²) in [5.41, 5.74) is 3.05. The van der Waals surface area contributed by atoms with E-state index in [4.69, 9.17) is 12.2 Å². The number of aromatic amines is 1. The zero-order valence-electron chi connectivity index (χ0n) is 17.1. The monoisotopic (exact) mass is 445 g/mol. The third-order valence-electron chi connectivity index (χ3n) is 5.19. The molecule has 0 aliphatic rings. The molecule has 2 N–H and O–H groups in total. The first-order valence-electron chi connectivity index (χ1n) is 10.0. The molecule has 0 bridgehead atoms. The molecule has 0 saturated heterocycles. The maximum Gasteiger partial charge on any atom is 0.262 e. The van der Waals surface area contributed by atoms with Gasteiger partial charge in [-0.25, -0.2) is 4.98 Å². The Morgan fingerprint density at radius 3 is 2.91 bits per heavy atom. The fraction of sp³-hybridized carbons (Fsp3) is 0.136. The minimum atomic E-state index is -0.307. The van der Waals surface area contributed by atoms with E-state index in [-0.39, 0.29) is 11.5 Å². The molecule has 0 saturated carbocycles. The SMILES string of the molecule is CCn1c(=S)[nH]c2cc(C(=O)Nc3cnn(Cc4cn5ccccc5n4)c3)ccc2c1=O. The summed E-state index contributed by atoms with van der Waals surface area (Å²) in [7, 11) is 0. The molecule has 5 rings (SSSR count). The predicted octanol–water partition coefficient (Wildman–Crippen LogP) is 3.22. The number of hydrogen-bond acceptors (Lipinski definition) is 5.